The number of carbonyl (C=O) groups excluding carboxylic acids is 2. The molecule has 20 heavy (non-hydrogen) atoms. The molecule has 1 fully saturated rings. The molecule has 2 N–H and O–H groups in total. The summed E-state index contributed by atoms with van der Waals surface area (Å²) < 4.78 is 1.61. The van der Waals surface area contributed by atoms with Crippen molar-refractivity contribution < 1.29 is 14.7 Å². The zero-order valence-electron chi connectivity index (χ0n) is 11.7. The fourth-order valence-electron chi connectivity index (χ4n) is 2.64. The average molecular weight is 279 g/mol. The molecule has 1 saturated carbocycles. The molecule has 1 aliphatic carbocycles. The van der Waals surface area contributed by atoms with Crippen LogP contribution in [0.25, 0.3) is 0 Å². The molecule has 0 aliphatic heterocycles. The van der Waals surface area contributed by atoms with E-state index in [1.165, 1.54) is 6.20 Å². The summed E-state index contributed by atoms with van der Waals surface area (Å²) in [6.45, 7) is 2.62. The highest BCUT2D eigenvalue weighted by atomic mass is 16.3. The highest BCUT2D eigenvalue weighted by Gasteiger charge is 2.28. The average Bonchev–Trinajstić information content (AvgIpc) is 2.95. The van der Waals surface area contributed by atoms with Crippen LogP contribution in [-0.4, -0.2) is 39.2 Å². The second kappa shape index (κ2) is 6.65. The topological polar surface area (TPSA) is 84.2 Å². The molecule has 2 atom stereocenters. The maximum absolute atomic E-state index is 12.0. The smallest absolute Gasteiger partial charge is 0.292 e. The van der Waals surface area contributed by atoms with Crippen LogP contribution in [0, 0.1) is 5.92 Å². The van der Waals surface area contributed by atoms with Gasteiger partial charge in [0.2, 0.25) is 0 Å². The molecule has 6 nitrogen and oxygen atoms in total. The lowest BCUT2D eigenvalue weighted by Crippen LogP contribution is -2.46. The molecule has 1 aliphatic rings. The highest BCUT2D eigenvalue weighted by molar-refractivity contribution is 6.42. The number of ketones is 1. The van der Waals surface area contributed by atoms with E-state index in [0.717, 1.165) is 25.7 Å². The molecule has 0 aromatic carbocycles. The van der Waals surface area contributed by atoms with Gasteiger partial charge >= 0.3 is 0 Å². The monoisotopic (exact) mass is 279 g/mol. The number of Topliss-reactive ketones (excluding diaryl/α,β-unsaturated/α-hetero) is 1. The van der Waals surface area contributed by atoms with Gasteiger partial charge in [-0.05, 0) is 19.8 Å². The van der Waals surface area contributed by atoms with Crippen LogP contribution in [0.4, 0.5) is 0 Å². The Labute approximate surface area is 118 Å². The number of hydrogen-bond acceptors (Lipinski definition) is 4. The van der Waals surface area contributed by atoms with Crippen molar-refractivity contribution in [3.63, 3.8) is 0 Å². The Kier molecular flexibility index (Phi) is 4.89. The Morgan fingerprint density at radius 3 is 2.85 bits per heavy atom. The predicted molar refractivity (Wildman–Crippen MR) is 73.2 cm³/mol. The van der Waals surface area contributed by atoms with Crippen molar-refractivity contribution in [1.29, 1.82) is 0 Å². The number of nitrogens with one attached hydrogen (secondary N) is 1. The Balaban J connectivity index is 1.98. The van der Waals surface area contributed by atoms with E-state index in [4.69, 9.17) is 0 Å². The fraction of sp³-hybridized carbons (Fsp3) is 0.643. The number of carbonyl (C=O) groups is 2. The lowest BCUT2D eigenvalue weighted by atomic mass is 9.85. The molecule has 1 heterocycles. The number of aliphatic hydroxyl groups excluding tert-OH is 1. The second-order valence-electron chi connectivity index (χ2n) is 5.22. The third-order valence-corrected chi connectivity index (χ3v) is 3.89. The molecule has 1 aromatic heterocycles. The van der Waals surface area contributed by atoms with Gasteiger partial charge in [0.25, 0.3) is 11.7 Å². The van der Waals surface area contributed by atoms with Gasteiger partial charge in [-0.25, -0.2) is 0 Å². The summed E-state index contributed by atoms with van der Waals surface area (Å²) in [5.74, 6) is -1.11. The summed E-state index contributed by atoms with van der Waals surface area (Å²) in [6.07, 6.45) is 6.78. The normalized spacial score (nSPS) is 22.5. The van der Waals surface area contributed by atoms with Gasteiger partial charge < -0.3 is 10.4 Å². The van der Waals surface area contributed by atoms with Gasteiger partial charge in [0, 0.05) is 31.3 Å². The minimum Gasteiger partial charge on any atom is -0.396 e. The van der Waals surface area contributed by atoms with Crippen molar-refractivity contribution in [3.05, 3.63) is 18.0 Å². The third kappa shape index (κ3) is 3.25. The van der Waals surface area contributed by atoms with Crippen LogP contribution in [0.1, 0.15) is 43.0 Å². The maximum atomic E-state index is 12.0. The van der Waals surface area contributed by atoms with Crippen molar-refractivity contribution in [3.8, 4) is 0 Å². The minimum atomic E-state index is -0.606. The van der Waals surface area contributed by atoms with Crippen LogP contribution in [0.3, 0.4) is 0 Å². The highest BCUT2D eigenvalue weighted by Crippen LogP contribution is 2.24. The van der Waals surface area contributed by atoms with Crippen LogP contribution in [0.15, 0.2) is 12.4 Å². The molecule has 0 bridgehead atoms. The van der Waals surface area contributed by atoms with Gasteiger partial charge in [-0.3, -0.25) is 14.3 Å². The number of nitrogens with zero attached hydrogens (tertiary/aromatic N) is 2. The van der Waals surface area contributed by atoms with E-state index in [9.17, 15) is 14.7 Å². The van der Waals surface area contributed by atoms with Crippen molar-refractivity contribution in [2.45, 2.75) is 45.2 Å². The first kappa shape index (κ1) is 14.7. The summed E-state index contributed by atoms with van der Waals surface area (Å²) in [5, 5.41) is 16.1. The van der Waals surface area contributed by atoms with Crippen molar-refractivity contribution in [2.75, 3.05) is 6.61 Å². The van der Waals surface area contributed by atoms with Crippen LogP contribution < -0.4 is 5.32 Å². The Morgan fingerprint density at radius 1 is 1.45 bits per heavy atom. The van der Waals surface area contributed by atoms with E-state index in [0.29, 0.717) is 12.1 Å². The third-order valence-electron chi connectivity index (χ3n) is 3.89. The first-order chi connectivity index (χ1) is 9.65. The summed E-state index contributed by atoms with van der Waals surface area (Å²) >= 11 is 0. The minimum absolute atomic E-state index is 0.0485. The molecular weight excluding hydrogens is 258 g/mol. The van der Waals surface area contributed by atoms with Crippen LogP contribution >= 0.6 is 0 Å². The molecule has 0 radical (unpaired) electrons. The molecular formula is C14H21N3O3. The van der Waals surface area contributed by atoms with E-state index >= 15 is 0 Å². The Hall–Kier alpha value is -1.69. The molecule has 0 saturated heterocycles. The van der Waals surface area contributed by atoms with Gasteiger partial charge in [-0.2, -0.15) is 5.10 Å². The standard InChI is InChI=1S/C14H21N3O3/c1-2-17-8-11(7-15-17)13(19)14(20)16-12-6-4-3-5-10(12)9-18/h7-8,10,12,18H,2-6,9H2,1H3,(H,16,20). The number of rotatable bonds is 5. The van der Waals surface area contributed by atoms with E-state index in [2.05, 4.69) is 10.4 Å². The van der Waals surface area contributed by atoms with E-state index in [1.807, 2.05) is 6.92 Å². The molecule has 110 valence electrons. The van der Waals surface area contributed by atoms with Crippen LogP contribution in [0.2, 0.25) is 0 Å². The van der Waals surface area contributed by atoms with Gasteiger partial charge in [0.15, 0.2) is 0 Å². The van der Waals surface area contributed by atoms with Gasteiger partial charge in [-0.15, -0.1) is 0 Å². The zero-order valence-corrected chi connectivity index (χ0v) is 11.7. The van der Waals surface area contributed by atoms with Crippen molar-refractivity contribution in [1.82, 2.24) is 15.1 Å². The maximum Gasteiger partial charge on any atom is 0.292 e. The Morgan fingerprint density at radius 2 is 2.20 bits per heavy atom. The van der Waals surface area contributed by atoms with Gasteiger partial charge in [0.1, 0.15) is 0 Å². The fourth-order valence-corrected chi connectivity index (χ4v) is 2.64. The molecule has 1 amide bonds. The van der Waals surface area contributed by atoms with Crippen molar-refractivity contribution in [2.24, 2.45) is 5.92 Å². The largest absolute Gasteiger partial charge is 0.396 e. The number of aromatic nitrogens is 2. The van der Waals surface area contributed by atoms with Crippen LogP contribution in [0.5, 0.6) is 0 Å². The molecule has 6 heteroatoms. The first-order valence-electron chi connectivity index (χ1n) is 7.14. The number of aliphatic hydroxyl groups is 1. The van der Waals surface area contributed by atoms with Crippen molar-refractivity contribution >= 4 is 11.7 Å². The summed E-state index contributed by atoms with van der Waals surface area (Å²) in [6, 6.07) is -0.105. The summed E-state index contributed by atoms with van der Waals surface area (Å²) in [7, 11) is 0. The summed E-state index contributed by atoms with van der Waals surface area (Å²) in [4.78, 5) is 24.0. The molecule has 2 unspecified atom stereocenters. The molecule has 0 spiro atoms. The number of aryl methyl sites for hydroxylation is 1. The van der Waals surface area contributed by atoms with Gasteiger partial charge in [0.05, 0.1) is 11.8 Å². The Bertz CT molecular complexity index is 484. The SMILES string of the molecule is CCn1cc(C(=O)C(=O)NC2CCCCC2CO)cn1. The second-order valence-corrected chi connectivity index (χ2v) is 5.22. The molecule has 2 rings (SSSR count). The van der Waals surface area contributed by atoms with Gasteiger partial charge in [-0.1, -0.05) is 12.8 Å². The first-order valence-corrected chi connectivity index (χ1v) is 7.14. The quantitative estimate of drug-likeness (QED) is 0.615. The summed E-state index contributed by atoms with van der Waals surface area (Å²) in [5.41, 5.74) is 0.306. The number of hydrogen-bond donors (Lipinski definition) is 2. The number of amides is 1. The molecule has 1 aromatic rings. The van der Waals surface area contributed by atoms with E-state index in [-0.39, 0.29) is 18.6 Å². The zero-order chi connectivity index (χ0) is 14.5. The predicted octanol–water partition coefficient (Wildman–Crippen LogP) is 0.753. The van der Waals surface area contributed by atoms with E-state index in [1.54, 1.807) is 10.9 Å². The lowest BCUT2D eigenvalue weighted by molar-refractivity contribution is -0.118. The van der Waals surface area contributed by atoms with Crippen LogP contribution in [-0.2, 0) is 11.3 Å². The van der Waals surface area contributed by atoms with E-state index < -0.39 is 11.7 Å². The lowest BCUT2D eigenvalue weighted by Gasteiger charge is -2.30.